The Kier molecular flexibility index (Phi) is 8.17. The lowest BCUT2D eigenvalue weighted by atomic mass is 9.96. The number of anilines is 3. The summed E-state index contributed by atoms with van der Waals surface area (Å²) >= 11 is 0. The zero-order chi connectivity index (χ0) is 40.3. The molecule has 0 aliphatic carbocycles. The van der Waals surface area contributed by atoms with Crippen molar-refractivity contribution in [2.24, 2.45) is 0 Å². The number of furan rings is 2. The van der Waals surface area contributed by atoms with Crippen LogP contribution in [0.3, 0.4) is 0 Å². The maximum absolute atomic E-state index is 6.50. The summed E-state index contributed by atoms with van der Waals surface area (Å²) in [6, 6.07) is 79.9. The molecule has 0 amide bonds. The first-order valence-corrected chi connectivity index (χ1v) is 20.7. The normalized spacial score (nSPS) is 11.6. The standard InChI is InChI=1S/C58H37NO2/c1-2-15-47-40(11-1)12-8-18-48(47)41-27-25-38(26-28-41)39-29-33-44(34-30-39)59(45-35-31-42(32-36-45)49-19-10-24-56-57(49)53-17-4-6-23-55(53)60-56)46-14-7-13-43(37-46)50-20-9-21-52-51-16-3-5-22-54(51)61-58(50)52/h1-37H. The van der Waals surface area contributed by atoms with Crippen LogP contribution in [0.4, 0.5) is 17.1 Å². The van der Waals surface area contributed by atoms with Crippen LogP contribution in [0.15, 0.2) is 233 Å². The van der Waals surface area contributed by atoms with Crippen LogP contribution in [0.5, 0.6) is 0 Å². The SMILES string of the molecule is c1cc(-c2cccc3c2oc2ccccc23)cc(N(c2ccc(-c3ccc(-c4cccc5ccccc45)cc3)cc2)c2ccc(-c3cccc4oc5ccccc5c34)cc2)c1. The zero-order valence-electron chi connectivity index (χ0n) is 33.1. The van der Waals surface area contributed by atoms with Crippen LogP contribution < -0.4 is 4.90 Å². The number of fused-ring (bicyclic) bond motifs is 7. The summed E-state index contributed by atoms with van der Waals surface area (Å²) in [5.74, 6) is 0. The molecule has 0 radical (unpaired) electrons. The summed E-state index contributed by atoms with van der Waals surface area (Å²) in [5.41, 5.74) is 16.0. The van der Waals surface area contributed by atoms with Crippen molar-refractivity contribution in [1.82, 2.24) is 0 Å². The maximum atomic E-state index is 6.50. The molecular formula is C58H37NO2. The van der Waals surface area contributed by atoms with Crippen molar-refractivity contribution in [2.45, 2.75) is 0 Å². The fraction of sp³-hybridized carbons (Fsp3) is 0. The average molecular weight is 780 g/mol. The summed E-state index contributed by atoms with van der Waals surface area (Å²) in [7, 11) is 0. The Morgan fingerprint density at radius 3 is 1.57 bits per heavy atom. The average Bonchev–Trinajstić information content (AvgIpc) is 3.91. The second-order valence-electron chi connectivity index (χ2n) is 15.6. The molecule has 0 bridgehead atoms. The van der Waals surface area contributed by atoms with Gasteiger partial charge < -0.3 is 13.7 Å². The third kappa shape index (κ3) is 5.98. The van der Waals surface area contributed by atoms with Gasteiger partial charge in [-0.15, -0.1) is 0 Å². The summed E-state index contributed by atoms with van der Waals surface area (Å²) in [4.78, 5) is 2.34. The van der Waals surface area contributed by atoms with Gasteiger partial charge in [-0.2, -0.15) is 0 Å². The molecule has 0 N–H and O–H groups in total. The van der Waals surface area contributed by atoms with E-state index in [0.717, 1.165) is 88.8 Å². The van der Waals surface area contributed by atoms with Gasteiger partial charge in [-0.3, -0.25) is 0 Å². The van der Waals surface area contributed by atoms with Gasteiger partial charge in [0.1, 0.15) is 22.3 Å². The molecule has 0 spiro atoms. The number of hydrogen-bond donors (Lipinski definition) is 0. The second kappa shape index (κ2) is 14.3. The molecule has 0 fully saturated rings. The largest absolute Gasteiger partial charge is 0.456 e. The molecule has 12 rings (SSSR count). The van der Waals surface area contributed by atoms with Crippen molar-refractivity contribution < 1.29 is 8.83 Å². The van der Waals surface area contributed by atoms with Crippen molar-refractivity contribution in [3.05, 3.63) is 224 Å². The molecule has 0 unspecified atom stereocenters. The Balaban J connectivity index is 0.943. The van der Waals surface area contributed by atoms with Crippen LogP contribution in [0, 0.1) is 0 Å². The van der Waals surface area contributed by atoms with Crippen LogP contribution in [-0.2, 0) is 0 Å². The van der Waals surface area contributed by atoms with Gasteiger partial charge in [-0.1, -0.05) is 170 Å². The van der Waals surface area contributed by atoms with Crippen LogP contribution in [0.2, 0.25) is 0 Å². The van der Waals surface area contributed by atoms with E-state index in [1.165, 1.54) is 27.5 Å². The van der Waals surface area contributed by atoms with E-state index in [2.05, 4.69) is 205 Å². The fourth-order valence-electron chi connectivity index (χ4n) is 9.16. The molecule has 0 atom stereocenters. The molecule has 3 nitrogen and oxygen atoms in total. The lowest BCUT2D eigenvalue weighted by Crippen LogP contribution is -2.10. The van der Waals surface area contributed by atoms with Gasteiger partial charge in [0.25, 0.3) is 0 Å². The van der Waals surface area contributed by atoms with E-state index in [4.69, 9.17) is 8.83 Å². The molecule has 61 heavy (non-hydrogen) atoms. The minimum atomic E-state index is 0.893. The van der Waals surface area contributed by atoms with Crippen LogP contribution in [0.25, 0.3) is 99.2 Å². The van der Waals surface area contributed by atoms with E-state index in [0.29, 0.717) is 0 Å². The monoisotopic (exact) mass is 779 g/mol. The molecule has 3 heteroatoms. The van der Waals surface area contributed by atoms with Gasteiger partial charge in [0.05, 0.1) is 0 Å². The van der Waals surface area contributed by atoms with Crippen molar-refractivity contribution in [3.63, 3.8) is 0 Å². The first-order valence-electron chi connectivity index (χ1n) is 20.7. The summed E-state index contributed by atoms with van der Waals surface area (Å²) in [6.45, 7) is 0. The number of nitrogens with zero attached hydrogens (tertiary/aromatic N) is 1. The molecule has 2 aromatic heterocycles. The van der Waals surface area contributed by atoms with Crippen molar-refractivity contribution in [3.8, 4) is 44.5 Å². The molecule has 0 saturated carbocycles. The number of benzene rings is 10. The van der Waals surface area contributed by atoms with Crippen LogP contribution >= 0.6 is 0 Å². The van der Waals surface area contributed by atoms with Crippen LogP contribution in [-0.4, -0.2) is 0 Å². The Labute approximate surface area is 353 Å². The lowest BCUT2D eigenvalue weighted by Gasteiger charge is -2.26. The number of hydrogen-bond acceptors (Lipinski definition) is 3. The molecule has 0 aliphatic heterocycles. The van der Waals surface area contributed by atoms with E-state index in [1.807, 2.05) is 24.3 Å². The highest BCUT2D eigenvalue weighted by Gasteiger charge is 2.18. The second-order valence-corrected chi connectivity index (χ2v) is 15.6. The van der Waals surface area contributed by atoms with Crippen LogP contribution in [0.1, 0.15) is 0 Å². The first-order chi connectivity index (χ1) is 30.2. The van der Waals surface area contributed by atoms with E-state index in [-0.39, 0.29) is 0 Å². The molecule has 2 heterocycles. The fourth-order valence-corrected chi connectivity index (χ4v) is 9.16. The lowest BCUT2D eigenvalue weighted by molar-refractivity contribution is 0.669. The highest BCUT2D eigenvalue weighted by molar-refractivity contribution is 6.13. The van der Waals surface area contributed by atoms with Gasteiger partial charge in [0, 0.05) is 44.2 Å². The molecule has 286 valence electrons. The van der Waals surface area contributed by atoms with Gasteiger partial charge in [0.2, 0.25) is 0 Å². The Morgan fingerprint density at radius 1 is 0.279 bits per heavy atom. The summed E-state index contributed by atoms with van der Waals surface area (Å²) in [6.07, 6.45) is 0. The number of para-hydroxylation sites is 3. The van der Waals surface area contributed by atoms with E-state index in [9.17, 15) is 0 Å². The quantitative estimate of drug-likeness (QED) is 0.161. The minimum Gasteiger partial charge on any atom is -0.456 e. The third-order valence-corrected chi connectivity index (χ3v) is 12.1. The van der Waals surface area contributed by atoms with Gasteiger partial charge in [0.15, 0.2) is 0 Å². The molecule has 0 aliphatic rings. The van der Waals surface area contributed by atoms with Crippen molar-refractivity contribution in [1.29, 1.82) is 0 Å². The Morgan fingerprint density at radius 2 is 0.787 bits per heavy atom. The zero-order valence-corrected chi connectivity index (χ0v) is 33.1. The molecule has 12 aromatic rings. The predicted molar refractivity (Wildman–Crippen MR) is 255 cm³/mol. The number of rotatable bonds is 7. The Hall–Kier alpha value is -8.14. The minimum absolute atomic E-state index is 0.893. The van der Waals surface area contributed by atoms with E-state index in [1.54, 1.807) is 0 Å². The topological polar surface area (TPSA) is 29.5 Å². The predicted octanol–water partition coefficient (Wildman–Crippen LogP) is 16.8. The molecule has 0 saturated heterocycles. The summed E-state index contributed by atoms with van der Waals surface area (Å²) < 4.78 is 12.8. The van der Waals surface area contributed by atoms with Crippen molar-refractivity contribution in [2.75, 3.05) is 4.90 Å². The smallest absolute Gasteiger partial charge is 0.143 e. The highest BCUT2D eigenvalue weighted by atomic mass is 16.3. The van der Waals surface area contributed by atoms with Crippen molar-refractivity contribution >= 4 is 71.7 Å². The first kappa shape index (κ1) is 34.9. The van der Waals surface area contributed by atoms with E-state index >= 15 is 0 Å². The van der Waals surface area contributed by atoms with Gasteiger partial charge in [-0.05, 0) is 104 Å². The Bertz CT molecular complexity index is 3570. The van der Waals surface area contributed by atoms with E-state index < -0.39 is 0 Å². The highest BCUT2D eigenvalue weighted by Crippen LogP contribution is 2.42. The molecular weight excluding hydrogens is 743 g/mol. The maximum Gasteiger partial charge on any atom is 0.143 e. The third-order valence-electron chi connectivity index (χ3n) is 12.1. The molecule has 10 aromatic carbocycles. The van der Waals surface area contributed by atoms with Gasteiger partial charge >= 0.3 is 0 Å². The van der Waals surface area contributed by atoms with Gasteiger partial charge in [-0.25, -0.2) is 0 Å². The summed E-state index contributed by atoms with van der Waals surface area (Å²) in [5, 5.41) is 7.02.